The molecule has 14 heavy (non-hydrogen) atoms. The Labute approximate surface area is 82.4 Å². The van der Waals surface area contributed by atoms with Gasteiger partial charge in [0.2, 0.25) is 0 Å². The summed E-state index contributed by atoms with van der Waals surface area (Å²) in [5, 5.41) is 3.87. The van der Waals surface area contributed by atoms with Gasteiger partial charge in [-0.2, -0.15) is 0 Å². The van der Waals surface area contributed by atoms with Crippen molar-refractivity contribution < 1.29 is 9.23 Å². The van der Waals surface area contributed by atoms with Gasteiger partial charge in [-0.1, -0.05) is 35.5 Å². The topological polar surface area (TPSA) is 21.6 Å². The molecular weight excluding hydrogens is 181 g/mol. The van der Waals surface area contributed by atoms with Gasteiger partial charge >= 0.3 is 0 Å². The van der Waals surface area contributed by atoms with E-state index in [4.69, 9.17) is 4.84 Å². The van der Waals surface area contributed by atoms with Crippen LogP contribution >= 0.6 is 0 Å². The number of benzene rings is 1. The Morgan fingerprint density at radius 3 is 2.71 bits per heavy atom. The summed E-state index contributed by atoms with van der Waals surface area (Å²) in [7, 11) is 0. The summed E-state index contributed by atoms with van der Waals surface area (Å²) >= 11 is 0. The molecule has 0 spiro atoms. The van der Waals surface area contributed by atoms with Crippen LogP contribution in [0.5, 0.6) is 0 Å². The first-order valence-corrected chi connectivity index (χ1v) is 4.61. The van der Waals surface area contributed by atoms with E-state index in [0.29, 0.717) is 12.1 Å². The SMILES string of the molecule is CC1(F)CON=C(c2ccccc2)C1. The largest absolute Gasteiger partial charge is 0.392 e. The van der Waals surface area contributed by atoms with Crippen molar-refractivity contribution in [3.8, 4) is 0 Å². The van der Waals surface area contributed by atoms with E-state index in [-0.39, 0.29) is 6.61 Å². The lowest BCUT2D eigenvalue weighted by molar-refractivity contribution is 0.0185. The van der Waals surface area contributed by atoms with Crippen LogP contribution in [-0.2, 0) is 4.84 Å². The van der Waals surface area contributed by atoms with E-state index in [9.17, 15) is 4.39 Å². The molecule has 0 bridgehead atoms. The van der Waals surface area contributed by atoms with Gasteiger partial charge in [0, 0.05) is 6.42 Å². The predicted octanol–water partition coefficient (Wildman–Crippen LogP) is 2.54. The van der Waals surface area contributed by atoms with Gasteiger partial charge in [0.15, 0.2) is 6.61 Å². The van der Waals surface area contributed by atoms with Crippen molar-refractivity contribution in [3.05, 3.63) is 35.9 Å². The summed E-state index contributed by atoms with van der Waals surface area (Å²) in [5.41, 5.74) is 0.311. The lowest BCUT2D eigenvalue weighted by Gasteiger charge is -2.24. The summed E-state index contributed by atoms with van der Waals surface area (Å²) in [4.78, 5) is 4.86. The van der Waals surface area contributed by atoms with Crippen LogP contribution in [0.1, 0.15) is 18.9 Å². The van der Waals surface area contributed by atoms with Gasteiger partial charge in [-0.25, -0.2) is 4.39 Å². The van der Waals surface area contributed by atoms with E-state index < -0.39 is 5.67 Å². The second kappa shape index (κ2) is 3.40. The molecule has 1 aromatic carbocycles. The molecule has 2 nitrogen and oxygen atoms in total. The van der Waals surface area contributed by atoms with Crippen LogP contribution in [0.3, 0.4) is 0 Å². The number of hydrogen-bond acceptors (Lipinski definition) is 2. The Morgan fingerprint density at radius 1 is 1.36 bits per heavy atom. The van der Waals surface area contributed by atoms with Crippen molar-refractivity contribution in [2.24, 2.45) is 5.16 Å². The molecule has 3 heteroatoms. The normalized spacial score (nSPS) is 26.6. The van der Waals surface area contributed by atoms with E-state index in [0.717, 1.165) is 5.56 Å². The molecule has 0 fully saturated rings. The maximum Gasteiger partial charge on any atom is 0.151 e. The van der Waals surface area contributed by atoms with Gasteiger partial charge in [-0.05, 0) is 12.5 Å². The lowest BCUT2D eigenvalue weighted by Crippen LogP contribution is -2.32. The van der Waals surface area contributed by atoms with E-state index >= 15 is 0 Å². The molecule has 1 aromatic rings. The summed E-state index contributed by atoms with van der Waals surface area (Å²) in [5.74, 6) is 0. The molecular formula is C11H12FNO. The van der Waals surface area contributed by atoms with Crippen LogP contribution in [0.2, 0.25) is 0 Å². The molecule has 0 saturated carbocycles. The Bertz CT molecular complexity index is 346. The van der Waals surface area contributed by atoms with Crippen molar-refractivity contribution in [2.75, 3.05) is 6.61 Å². The minimum atomic E-state index is -1.30. The highest BCUT2D eigenvalue weighted by Gasteiger charge is 2.30. The van der Waals surface area contributed by atoms with Gasteiger partial charge in [0.25, 0.3) is 0 Å². The van der Waals surface area contributed by atoms with Crippen molar-refractivity contribution in [1.82, 2.24) is 0 Å². The zero-order valence-corrected chi connectivity index (χ0v) is 8.03. The first-order chi connectivity index (χ1) is 6.67. The first kappa shape index (κ1) is 9.19. The summed E-state index contributed by atoms with van der Waals surface area (Å²) in [6, 6.07) is 9.54. The fourth-order valence-electron chi connectivity index (χ4n) is 1.46. The Morgan fingerprint density at radius 2 is 2.07 bits per heavy atom. The Kier molecular flexibility index (Phi) is 2.23. The Hall–Kier alpha value is -1.38. The average molecular weight is 193 g/mol. The van der Waals surface area contributed by atoms with E-state index in [1.165, 1.54) is 6.92 Å². The maximum atomic E-state index is 13.6. The zero-order valence-electron chi connectivity index (χ0n) is 8.03. The molecule has 1 atom stereocenters. The van der Waals surface area contributed by atoms with Crippen LogP contribution in [0.25, 0.3) is 0 Å². The molecule has 0 amide bonds. The van der Waals surface area contributed by atoms with Crippen molar-refractivity contribution in [1.29, 1.82) is 0 Å². The monoisotopic (exact) mass is 193 g/mol. The van der Waals surface area contributed by atoms with Gasteiger partial charge in [-0.15, -0.1) is 0 Å². The van der Waals surface area contributed by atoms with E-state index in [1.807, 2.05) is 30.3 Å². The highest BCUT2D eigenvalue weighted by molar-refractivity contribution is 6.01. The number of nitrogens with zero attached hydrogens (tertiary/aromatic N) is 1. The number of hydrogen-bond donors (Lipinski definition) is 0. The van der Waals surface area contributed by atoms with Gasteiger partial charge in [0.05, 0.1) is 5.71 Å². The van der Waals surface area contributed by atoms with Crippen molar-refractivity contribution >= 4 is 5.71 Å². The smallest absolute Gasteiger partial charge is 0.151 e. The number of halogens is 1. The third-order valence-corrected chi connectivity index (χ3v) is 2.18. The van der Waals surface area contributed by atoms with Crippen molar-refractivity contribution in [3.63, 3.8) is 0 Å². The van der Waals surface area contributed by atoms with Crippen molar-refractivity contribution in [2.45, 2.75) is 19.0 Å². The summed E-state index contributed by atoms with van der Waals surface area (Å²) < 4.78 is 13.6. The van der Waals surface area contributed by atoms with Crippen LogP contribution < -0.4 is 0 Å². The molecule has 0 aliphatic carbocycles. The standard InChI is InChI=1S/C11H12FNO/c1-11(12)7-10(13-14-8-11)9-5-3-2-4-6-9/h2-6H,7-8H2,1H3. The quantitative estimate of drug-likeness (QED) is 0.671. The number of rotatable bonds is 1. The molecule has 74 valence electrons. The maximum absolute atomic E-state index is 13.6. The van der Waals surface area contributed by atoms with Crippen LogP contribution in [0.4, 0.5) is 4.39 Å². The summed E-state index contributed by atoms with van der Waals surface area (Å²) in [6.45, 7) is 1.58. The van der Waals surface area contributed by atoms with Crippen LogP contribution in [-0.4, -0.2) is 18.0 Å². The zero-order chi connectivity index (χ0) is 10.0. The number of oxime groups is 1. The molecule has 1 aliphatic rings. The minimum Gasteiger partial charge on any atom is -0.392 e. The van der Waals surface area contributed by atoms with Gasteiger partial charge < -0.3 is 4.84 Å². The average Bonchev–Trinajstić information content (AvgIpc) is 2.18. The third kappa shape index (κ3) is 1.92. The van der Waals surface area contributed by atoms with E-state index in [1.54, 1.807) is 0 Å². The Balaban J connectivity index is 2.24. The molecule has 1 aliphatic heterocycles. The highest BCUT2D eigenvalue weighted by Crippen LogP contribution is 2.23. The highest BCUT2D eigenvalue weighted by atomic mass is 19.1. The molecule has 0 aromatic heterocycles. The molecule has 1 heterocycles. The molecule has 1 unspecified atom stereocenters. The minimum absolute atomic E-state index is 0.0450. The number of alkyl halides is 1. The first-order valence-electron chi connectivity index (χ1n) is 4.61. The lowest BCUT2D eigenvalue weighted by atomic mass is 9.96. The van der Waals surface area contributed by atoms with E-state index in [2.05, 4.69) is 5.16 Å². The summed E-state index contributed by atoms with van der Waals surface area (Å²) in [6.07, 6.45) is 0.316. The van der Waals surface area contributed by atoms with Gasteiger partial charge in [0.1, 0.15) is 5.67 Å². The fraction of sp³-hybridized carbons (Fsp3) is 0.364. The third-order valence-electron chi connectivity index (χ3n) is 2.18. The van der Waals surface area contributed by atoms with Gasteiger partial charge in [-0.3, -0.25) is 0 Å². The molecule has 0 N–H and O–H groups in total. The molecule has 0 saturated heterocycles. The van der Waals surface area contributed by atoms with Crippen LogP contribution in [0.15, 0.2) is 35.5 Å². The predicted molar refractivity (Wildman–Crippen MR) is 53.1 cm³/mol. The second-order valence-electron chi connectivity index (χ2n) is 3.77. The fourth-order valence-corrected chi connectivity index (χ4v) is 1.46. The molecule has 2 rings (SSSR count). The molecule has 0 radical (unpaired) electrons. The van der Waals surface area contributed by atoms with Crippen LogP contribution in [0, 0.1) is 0 Å². The second-order valence-corrected chi connectivity index (χ2v) is 3.77.